The molecule has 4 aliphatic heterocycles. The van der Waals surface area contributed by atoms with Crippen LogP contribution in [0.1, 0.15) is 87.1 Å². The Kier molecular flexibility index (Phi) is 14.6. The van der Waals surface area contributed by atoms with Gasteiger partial charge < -0.3 is 42.9 Å². The fourth-order valence-electron chi connectivity index (χ4n) is 9.92. The van der Waals surface area contributed by atoms with E-state index in [1.807, 2.05) is 83.9 Å². The second kappa shape index (κ2) is 19.1. The number of Topliss-reactive ketones (excluding diaryl/α,β-unsaturated/α-hetero) is 1. The predicted octanol–water partition coefficient (Wildman–Crippen LogP) is 6.78. The van der Waals surface area contributed by atoms with E-state index in [2.05, 4.69) is 36.3 Å². The van der Waals surface area contributed by atoms with Crippen molar-refractivity contribution in [1.82, 2.24) is 4.90 Å². The molecule has 3 unspecified atom stereocenters. The van der Waals surface area contributed by atoms with Gasteiger partial charge >= 0.3 is 11.9 Å². The van der Waals surface area contributed by atoms with Crippen molar-refractivity contribution in [3.8, 4) is 11.1 Å². The molecule has 0 amide bonds. The molecule has 13 nitrogen and oxygen atoms in total. The first-order valence-electron chi connectivity index (χ1n) is 21.6. The van der Waals surface area contributed by atoms with Gasteiger partial charge in [-0.2, -0.15) is 0 Å². The van der Waals surface area contributed by atoms with Gasteiger partial charge in [-0.3, -0.25) is 14.4 Å². The quantitative estimate of drug-likeness (QED) is 0.194. The van der Waals surface area contributed by atoms with E-state index in [0.717, 1.165) is 16.7 Å². The van der Waals surface area contributed by atoms with Crippen LogP contribution in [0.15, 0.2) is 59.8 Å². The average Bonchev–Trinajstić information content (AvgIpc) is 3.47. The minimum atomic E-state index is -1.33. The van der Waals surface area contributed by atoms with Gasteiger partial charge in [-0.1, -0.05) is 81.4 Å². The van der Waals surface area contributed by atoms with Crippen LogP contribution < -0.4 is 0 Å². The lowest BCUT2D eigenvalue weighted by Crippen LogP contribution is -2.60. The van der Waals surface area contributed by atoms with Gasteiger partial charge in [-0.05, 0) is 89.7 Å². The molecular weight excluding hydrogens is 769 g/mol. The van der Waals surface area contributed by atoms with Gasteiger partial charge in [0.15, 0.2) is 23.8 Å². The Labute approximate surface area is 355 Å². The van der Waals surface area contributed by atoms with Gasteiger partial charge in [0.1, 0.15) is 18.4 Å². The number of fused-ring (bicyclic) bond motifs is 5. The molecular formula is C47H66N2O11. The van der Waals surface area contributed by atoms with E-state index >= 15 is 0 Å². The van der Waals surface area contributed by atoms with E-state index in [1.165, 1.54) is 6.92 Å². The van der Waals surface area contributed by atoms with Gasteiger partial charge in [-0.15, -0.1) is 0 Å². The van der Waals surface area contributed by atoms with Crippen molar-refractivity contribution in [2.24, 2.45) is 28.8 Å². The third-order valence-electron chi connectivity index (χ3n) is 13.1. The summed E-state index contributed by atoms with van der Waals surface area (Å²) in [7, 11) is 3.88. The molecule has 4 fully saturated rings. The van der Waals surface area contributed by atoms with Crippen molar-refractivity contribution in [3.63, 3.8) is 0 Å². The molecule has 0 spiro atoms. The first-order chi connectivity index (χ1) is 28.4. The Hall–Kier alpha value is -3.72. The van der Waals surface area contributed by atoms with E-state index in [0.29, 0.717) is 25.0 Å². The van der Waals surface area contributed by atoms with Crippen LogP contribution in [0.4, 0.5) is 0 Å². The van der Waals surface area contributed by atoms with E-state index in [4.69, 9.17) is 38.0 Å². The zero-order valence-electron chi connectivity index (χ0n) is 37.3. The zero-order chi connectivity index (χ0) is 43.5. The largest absolute Gasteiger partial charge is 0.459 e. The van der Waals surface area contributed by atoms with Crippen molar-refractivity contribution in [1.29, 1.82) is 0 Å². The van der Waals surface area contributed by atoms with Crippen LogP contribution in [0, 0.1) is 23.7 Å². The summed E-state index contributed by atoms with van der Waals surface area (Å²) in [5.41, 5.74) is 1.13. The predicted molar refractivity (Wildman–Crippen MR) is 225 cm³/mol. The number of rotatable bonds is 9. The lowest BCUT2D eigenvalue weighted by atomic mass is 9.75. The second-order valence-corrected chi connectivity index (χ2v) is 18.1. The first kappa shape index (κ1) is 45.8. The highest BCUT2D eigenvalue weighted by Gasteiger charge is 2.59. The van der Waals surface area contributed by atoms with Crippen molar-refractivity contribution in [3.05, 3.63) is 60.2 Å². The molecule has 0 radical (unpaired) electrons. The monoisotopic (exact) mass is 834 g/mol. The minimum absolute atomic E-state index is 0.000944. The van der Waals surface area contributed by atoms with Crippen molar-refractivity contribution in [2.45, 2.75) is 148 Å². The minimum Gasteiger partial charge on any atom is -0.459 e. The zero-order valence-corrected chi connectivity index (χ0v) is 37.3. The summed E-state index contributed by atoms with van der Waals surface area (Å²) in [6, 6.07) is 18.0. The number of esters is 2. The number of carbonyl (C=O) groups is 3. The second-order valence-electron chi connectivity index (χ2n) is 18.1. The Morgan fingerprint density at radius 2 is 1.65 bits per heavy atom. The fraction of sp³-hybridized carbons (Fsp3) is 0.660. The summed E-state index contributed by atoms with van der Waals surface area (Å²) in [6.45, 7) is 16.9. The number of hydrogen-bond acceptors (Lipinski definition) is 13. The summed E-state index contributed by atoms with van der Waals surface area (Å²) in [5.74, 6) is -3.15. The highest BCUT2D eigenvalue weighted by molar-refractivity contribution is 5.92. The molecule has 4 heterocycles. The van der Waals surface area contributed by atoms with Crippen molar-refractivity contribution >= 4 is 23.4 Å². The molecule has 2 aromatic rings. The molecule has 0 N–H and O–H groups in total. The van der Waals surface area contributed by atoms with Crippen LogP contribution >= 0.6 is 0 Å². The number of oxime groups is 1. The smallest absolute Gasteiger partial charge is 0.311 e. The van der Waals surface area contributed by atoms with Gasteiger partial charge in [0.2, 0.25) is 0 Å². The number of nitrogens with zero attached hydrogens (tertiary/aromatic N) is 2. The molecule has 14 atom stereocenters. The molecule has 4 aliphatic rings. The number of hydrogen-bond donors (Lipinski definition) is 0. The summed E-state index contributed by atoms with van der Waals surface area (Å²) >= 11 is 0. The highest BCUT2D eigenvalue weighted by Crippen LogP contribution is 2.45. The van der Waals surface area contributed by atoms with E-state index in [1.54, 1.807) is 13.8 Å². The van der Waals surface area contributed by atoms with Gasteiger partial charge in [-0.25, -0.2) is 0 Å². The highest BCUT2D eigenvalue weighted by atomic mass is 16.7. The third-order valence-corrected chi connectivity index (χ3v) is 13.1. The first-order valence-corrected chi connectivity index (χ1v) is 21.6. The van der Waals surface area contributed by atoms with Crippen LogP contribution in [0.3, 0.4) is 0 Å². The van der Waals surface area contributed by atoms with Crippen LogP contribution in [0.25, 0.3) is 11.1 Å². The Morgan fingerprint density at radius 3 is 2.33 bits per heavy atom. The standard InChI is InChI=1S/C47H66N2O11/c1-12-38-47(9)42(51)29(4)39(60-47)27(2)23-46(8)43(59-45-41(57-32(7)50)37(49(10)11)21-28(3)56-45)30(5)40(31(6)44(52)58-38)53-25-36(26-54-46)48-55-24-33-17-16-20-35(22-33)34-18-14-13-15-19-34/h13-20,22,27-31,37-41,43,45H,12,21,23-26H2,1-11H3/b48-36+/t27-,28-,29?,30-,31-,37+,38-,39?,40+,41-,43-,45+,46-,47?/m1/s1. The maximum absolute atomic E-state index is 14.3. The Bertz CT molecular complexity index is 1840. The van der Waals surface area contributed by atoms with E-state index in [9.17, 15) is 14.4 Å². The van der Waals surface area contributed by atoms with Crippen LogP contribution in [-0.4, -0.2) is 116 Å². The Balaban J connectivity index is 1.40. The fourth-order valence-corrected chi connectivity index (χ4v) is 9.92. The summed E-state index contributed by atoms with van der Waals surface area (Å²) in [4.78, 5) is 49.0. The third kappa shape index (κ3) is 9.82. The van der Waals surface area contributed by atoms with Crippen LogP contribution in [-0.2, 0) is 59.0 Å². The number of likely N-dealkylation sites (N-methyl/N-ethyl adjacent to an activating group) is 1. The molecule has 2 aromatic carbocycles. The maximum Gasteiger partial charge on any atom is 0.311 e. The topological polar surface area (TPSA) is 141 Å². The van der Waals surface area contributed by atoms with Gasteiger partial charge in [0.25, 0.3) is 0 Å². The summed E-state index contributed by atoms with van der Waals surface area (Å²) in [5, 5.41) is 4.57. The molecule has 60 heavy (non-hydrogen) atoms. The molecule has 4 bridgehead atoms. The summed E-state index contributed by atoms with van der Waals surface area (Å²) < 4.78 is 46.3. The van der Waals surface area contributed by atoms with Crippen molar-refractivity contribution in [2.75, 3.05) is 27.3 Å². The SMILES string of the molecule is CC[C@H]1OC(=O)[C@H](C)[C@H]2OC/C(=N\OCc3cccc(-c4ccccc4)c3)CO[C@](C)(C[C@@H](C)C3OC1(C)C(=O)C3C)[C@H](O[C@@H]1O[C@H](C)C[C@H](N(C)C)[C@H]1OC(C)=O)[C@@H]2C. The maximum atomic E-state index is 14.3. The van der Waals surface area contributed by atoms with Crippen LogP contribution in [0.5, 0.6) is 0 Å². The molecule has 6 rings (SSSR count). The molecule has 13 heteroatoms. The van der Waals surface area contributed by atoms with Crippen molar-refractivity contribution < 1.29 is 52.4 Å². The lowest BCUT2D eigenvalue weighted by Gasteiger charge is -2.48. The van der Waals surface area contributed by atoms with Gasteiger partial charge in [0.05, 0.1) is 55.2 Å². The molecule has 0 aromatic heterocycles. The number of benzene rings is 2. The number of ether oxygens (including phenoxy) is 7. The molecule has 330 valence electrons. The molecule has 4 saturated heterocycles. The number of ketones is 1. The molecule has 0 saturated carbocycles. The number of cyclic esters (lactones) is 1. The average molecular weight is 835 g/mol. The van der Waals surface area contributed by atoms with E-state index < -0.39 is 77.7 Å². The number of carbonyl (C=O) groups excluding carboxylic acids is 3. The lowest BCUT2D eigenvalue weighted by molar-refractivity contribution is -0.305. The van der Waals surface area contributed by atoms with Crippen LogP contribution in [0.2, 0.25) is 0 Å². The van der Waals surface area contributed by atoms with E-state index in [-0.39, 0.29) is 43.7 Å². The van der Waals surface area contributed by atoms with Gasteiger partial charge in [0, 0.05) is 18.8 Å². The molecule has 0 aliphatic carbocycles. The normalized spacial score (nSPS) is 38.5. The Morgan fingerprint density at radius 1 is 0.933 bits per heavy atom. The summed E-state index contributed by atoms with van der Waals surface area (Å²) in [6.07, 6.45) is -3.53.